The highest BCUT2D eigenvalue weighted by atomic mass is 35.5. The molecule has 10 heteroatoms. The predicted molar refractivity (Wildman–Crippen MR) is 106 cm³/mol. The van der Waals surface area contributed by atoms with E-state index in [9.17, 15) is 24.1 Å². The number of rotatable bonds is 7. The summed E-state index contributed by atoms with van der Waals surface area (Å²) in [6, 6.07) is 8.19. The molecule has 7 nitrogen and oxygen atoms in total. The van der Waals surface area contributed by atoms with Crippen LogP contribution in [0, 0.1) is 15.9 Å². The minimum atomic E-state index is -0.826. The number of hydrogen-bond donors (Lipinski definition) is 0. The van der Waals surface area contributed by atoms with Gasteiger partial charge < -0.3 is 9.64 Å². The summed E-state index contributed by atoms with van der Waals surface area (Å²) < 4.78 is 18.6. The number of ether oxygens (including phenoxy) is 1. The summed E-state index contributed by atoms with van der Waals surface area (Å²) in [5.74, 6) is -1.93. The van der Waals surface area contributed by atoms with Gasteiger partial charge in [0.2, 0.25) is 0 Å². The van der Waals surface area contributed by atoms with Gasteiger partial charge in [0, 0.05) is 36.3 Å². The van der Waals surface area contributed by atoms with Crippen molar-refractivity contribution in [2.24, 2.45) is 0 Å². The Morgan fingerprint density at radius 2 is 1.97 bits per heavy atom. The van der Waals surface area contributed by atoms with Gasteiger partial charge in [-0.1, -0.05) is 35.3 Å². The molecular weight excluding hydrogens is 426 g/mol. The summed E-state index contributed by atoms with van der Waals surface area (Å²) in [7, 11) is 1.42. The number of esters is 1. The third-order valence-electron chi connectivity index (χ3n) is 3.80. The van der Waals surface area contributed by atoms with Crippen LogP contribution in [-0.4, -0.2) is 35.4 Å². The Bertz CT molecular complexity index is 961. The molecule has 0 saturated carbocycles. The van der Waals surface area contributed by atoms with Crippen molar-refractivity contribution in [1.29, 1.82) is 0 Å². The van der Waals surface area contributed by atoms with E-state index in [-0.39, 0.29) is 27.8 Å². The Hall–Kier alpha value is -2.97. The van der Waals surface area contributed by atoms with Gasteiger partial charge in [-0.05, 0) is 29.8 Å². The SMILES string of the molecule is CN(Cc1c(F)cccc1Cl)C(=O)COC(=O)/C=C/c1ccc(Cl)c([N+](=O)[O-])c1. The lowest BCUT2D eigenvalue weighted by Crippen LogP contribution is -2.31. The highest BCUT2D eigenvalue weighted by molar-refractivity contribution is 6.32. The summed E-state index contributed by atoms with van der Waals surface area (Å²) in [4.78, 5) is 35.2. The molecule has 0 aliphatic heterocycles. The maximum Gasteiger partial charge on any atom is 0.331 e. The second kappa shape index (κ2) is 9.99. The van der Waals surface area contributed by atoms with Crippen molar-refractivity contribution in [3.05, 3.63) is 79.6 Å². The van der Waals surface area contributed by atoms with Gasteiger partial charge >= 0.3 is 5.97 Å². The van der Waals surface area contributed by atoms with Crippen LogP contribution in [0.4, 0.5) is 10.1 Å². The molecular formula is C19H15Cl2FN2O5. The molecule has 1 amide bonds. The zero-order valence-electron chi connectivity index (χ0n) is 15.1. The van der Waals surface area contributed by atoms with Gasteiger partial charge in [0.25, 0.3) is 11.6 Å². The number of halogens is 3. The van der Waals surface area contributed by atoms with Crippen LogP contribution in [0.25, 0.3) is 6.08 Å². The lowest BCUT2D eigenvalue weighted by Gasteiger charge is -2.18. The number of likely N-dealkylation sites (N-methyl/N-ethyl adjacent to an activating group) is 1. The van der Waals surface area contributed by atoms with E-state index in [1.165, 1.54) is 54.4 Å². The first kappa shape index (κ1) is 22.3. The molecule has 0 saturated heterocycles. The molecule has 0 N–H and O–H groups in total. The Morgan fingerprint density at radius 1 is 1.24 bits per heavy atom. The zero-order chi connectivity index (χ0) is 21.6. The maximum atomic E-state index is 13.8. The summed E-state index contributed by atoms with van der Waals surface area (Å²) in [6.07, 6.45) is 2.31. The van der Waals surface area contributed by atoms with Crippen LogP contribution in [0.3, 0.4) is 0 Å². The van der Waals surface area contributed by atoms with Gasteiger partial charge in [-0.3, -0.25) is 14.9 Å². The fraction of sp³-hybridized carbons (Fsp3) is 0.158. The van der Waals surface area contributed by atoms with Gasteiger partial charge in [-0.2, -0.15) is 0 Å². The molecule has 0 aliphatic carbocycles. The monoisotopic (exact) mass is 440 g/mol. The smallest absolute Gasteiger partial charge is 0.331 e. The van der Waals surface area contributed by atoms with Crippen LogP contribution in [0.2, 0.25) is 10.0 Å². The number of benzene rings is 2. The summed E-state index contributed by atoms with van der Waals surface area (Å²) in [5.41, 5.74) is 0.210. The second-order valence-corrected chi connectivity index (χ2v) is 6.67. The lowest BCUT2D eigenvalue weighted by atomic mass is 10.2. The number of amides is 1. The molecule has 0 unspecified atom stereocenters. The average molecular weight is 441 g/mol. The van der Waals surface area contributed by atoms with Crippen LogP contribution in [0.15, 0.2) is 42.5 Å². The molecule has 0 aromatic heterocycles. The van der Waals surface area contributed by atoms with Gasteiger partial charge in [-0.25, -0.2) is 9.18 Å². The molecule has 0 atom stereocenters. The normalized spacial score (nSPS) is 10.8. The first-order valence-corrected chi connectivity index (χ1v) is 8.90. The van der Waals surface area contributed by atoms with Crippen LogP contribution in [0.5, 0.6) is 0 Å². The molecule has 152 valence electrons. The topological polar surface area (TPSA) is 89.8 Å². The van der Waals surface area contributed by atoms with E-state index in [1.54, 1.807) is 0 Å². The van der Waals surface area contributed by atoms with Gasteiger partial charge in [-0.15, -0.1) is 0 Å². The number of carbonyl (C=O) groups is 2. The predicted octanol–water partition coefficient (Wildman–Crippen LogP) is 4.26. The first-order chi connectivity index (χ1) is 13.7. The number of nitrogens with zero attached hydrogens (tertiary/aromatic N) is 2. The number of carbonyl (C=O) groups excluding carboxylic acids is 2. The van der Waals surface area contributed by atoms with E-state index < -0.39 is 29.2 Å². The quantitative estimate of drug-likeness (QED) is 0.277. The molecule has 0 bridgehead atoms. The Balaban J connectivity index is 1.91. The standard InChI is InChI=1S/C19H15Cl2FN2O5/c1-23(10-13-14(20)3-2-4-16(13)22)18(25)11-29-19(26)8-6-12-5-7-15(21)17(9-12)24(27)28/h2-9H,10-11H2,1H3/b8-6+. The van der Waals surface area contributed by atoms with Crippen molar-refractivity contribution >= 4 is 46.8 Å². The largest absolute Gasteiger partial charge is 0.452 e. The molecule has 0 fully saturated rings. The van der Waals surface area contributed by atoms with E-state index in [4.69, 9.17) is 27.9 Å². The average Bonchev–Trinajstić information content (AvgIpc) is 2.67. The van der Waals surface area contributed by atoms with Gasteiger partial charge in [0.05, 0.1) is 4.92 Å². The van der Waals surface area contributed by atoms with Crippen molar-refractivity contribution < 1.29 is 23.6 Å². The van der Waals surface area contributed by atoms with Crippen LogP contribution < -0.4 is 0 Å². The van der Waals surface area contributed by atoms with Crippen molar-refractivity contribution in [2.45, 2.75) is 6.54 Å². The summed E-state index contributed by atoms with van der Waals surface area (Å²) in [6.45, 7) is -0.654. The highest BCUT2D eigenvalue weighted by Gasteiger charge is 2.16. The summed E-state index contributed by atoms with van der Waals surface area (Å²) >= 11 is 11.6. The van der Waals surface area contributed by atoms with E-state index in [2.05, 4.69) is 0 Å². The molecule has 0 radical (unpaired) electrons. The van der Waals surface area contributed by atoms with Crippen molar-refractivity contribution in [3.63, 3.8) is 0 Å². The maximum absolute atomic E-state index is 13.8. The van der Waals surface area contributed by atoms with Crippen LogP contribution >= 0.6 is 23.2 Å². The molecule has 2 aromatic rings. The van der Waals surface area contributed by atoms with E-state index in [0.29, 0.717) is 5.56 Å². The van der Waals surface area contributed by atoms with Crippen molar-refractivity contribution in [3.8, 4) is 0 Å². The fourth-order valence-corrected chi connectivity index (χ4v) is 2.65. The van der Waals surface area contributed by atoms with Crippen LogP contribution in [0.1, 0.15) is 11.1 Å². The van der Waals surface area contributed by atoms with Crippen molar-refractivity contribution in [2.75, 3.05) is 13.7 Å². The summed E-state index contributed by atoms with van der Waals surface area (Å²) in [5, 5.41) is 11.0. The number of nitro groups is 1. The molecule has 0 aliphatic rings. The number of nitro benzene ring substituents is 1. The third-order valence-corrected chi connectivity index (χ3v) is 4.47. The Morgan fingerprint density at radius 3 is 2.62 bits per heavy atom. The molecule has 2 aromatic carbocycles. The molecule has 2 rings (SSSR count). The highest BCUT2D eigenvalue weighted by Crippen LogP contribution is 2.25. The Kier molecular flexibility index (Phi) is 7.69. The van der Waals surface area contributed by atoms with Crippen molar-refractivity contribution in [1.82, 2.24) is 4.90 Å². The van der Waals surface area contributed by atoms with E-state index >= 15 is 0 Å². The molecule has 29 heavy (non-hydrogen) atoms. The fourth-order valence-electron chi connectivity index (χ4n) is 2.24. The van der Waals surface area contributed by atoms with Gasteiger partial charge in [0.1, 0.15) is 10.8 Å². The molecule has 0 spiro atoms. The third kappa shape index (κ3) is 6.27. The van der Waals surface area contributed by atoms with E-state index in [1.807, 2.05) is 0 Å². The molecule has 0 heterocycles. The van der Waals surface area contributed by atoms with E-state index in [0.717, 1.165) is 6.08 Å². The number of hydrogen-bond acceptors (Lipinski definition) is 5. The second-order valence-electron chi connectivity index (χ2n) is 5.86. The minimum absolute atomic E-state index is 0.0293. The van der Waals surface area contributed by atoms with Gasteiger partial charge in [0.15, 0.2) is 6.61 Å². The van der Waals surface area contributed by atoms with Crippen LogP contribution in [-0.2, 0) is 20.9 Å². The first-order valence-electron chi connectivity index (χ1n) is 8.14. The lowest BCUT2D eigenvalue weighted by molar-refractivity contribution is -0.384. The zero-order valence-corrected chi connectivity index (χ0v) is 16.6. The minimum Gasteiger partial charge on any atom is -0.452 e. The Labute approximate surface area is 175 Å².